The van der Waals surface area contributed by atoms with Crippen molar-refractivity contribution >= 4 is 28.7 Å². The van der Waals surface area contributed by atoms with Crippen molar-refractivity contribution in [3.8, 4) is 0 Å². The Morgan fingerprint density at radius 2 is 1.88 bits per heavy atom. The van der Waals surface area contributed by atoms with Crippen LogP contribution in [-0.2, 0) is 23.0 Å². The summed E-state index contributed by atoms with van der Waals surface area (Å²) in [6.07, 6.45) is 2.81. The maximum Gasteiger partial charge on any atom is 0.419 e. The van der Waals surface area contributed by atoms with Crippen molar-refractivity contribution in [2.75, 3.05) is 37.7 Å². The highest BCUT2D eigenvalue weighted by Crippen LogP contribution is 2.33. The van der Waals surface area contributed by atoms with Crippen LogP contribution < -0.4 is 16.0 Å². The second-order valence-corrected chi connectivity index (χ2v) is 9.04. The van der Waals surface area contributed by atoms with Gasteiger partial charge >= 0.3 is 11.8 Å². The molecular weight excluding hydrogens is 436 g/mol. The lowest BCUT2D eigenvalue weighted by Crippen LogP contribution is -2.75. The zero-order chi connectivity index (χ0) is 23.7. The number of piperazine rings is 1. The van der Waals surface area contributed by atoms with E-state index >= 15 is 0 Å². The zero-order valence-corrected chi connectivity index (χ0v) is 19.2. The van der Waals surface area contributed by atoms with Crippen LogP contribution in [0.25, 0.3) is 11.1 Å². The first-order valence-corrected chi connectivity index (χ1v) is 11.5. The average Bonchev–Trinajstić information content (AvgIpc) is 3.11. The number of benzene rings is 2. The second kappa shape index (κ2) is 8.98. The van der Waals surface area contributed by atoms with Crippen LogP contribution in [0.3, 0.4) is 0 Å². The molecule has 178 valence electrons. The number of hydrogen-bond donors (Lipinski definition) is 1. The van der Waals surface area contributed by atoms with Crippen molar-refractivity contribution in [2.24, 2.45) is 7.05 Å². The van der Waals surface area contributed by atoms with Crippen molar-refractivity contribution in [1.29, 1.82) is 0 Å². The monoisotopic (exact) mass is 464 g/mol. The fourth-order valence-electron chi connectivity index (χ4n) is 4.64. The summed E-state index contributed by atoms with van der Waals surface area (Å²) in [5, 5.41) is 2.98. The van der Waals surface area contributed by atoms with E-state index in [4.69, 9.17) is 9.15 Å². The highest BCUT2D eigenvalue weighted by molar-refractivity contribution is 5.99. The van der Waals surface area contributed by atoms with Gasteiger partial charge < -0.3 is 24.3 Å². The summed E-state index contributed by atoms with van der Waals surface area (Å²) in [7, 11) is 1.64. The maximum absolute atomic E-state index is 13.0. The maximum atomic E-state index is 13.0. The van der Waals surface area contributed by atoms with Gasteiger partial charge in [0.2, 0.25) is 5.91 Å². The smallest absolute Gasteiger partial charge is 0.408 e. The number of unbranched alkanes of at least 4 members (excludes halogenated alkanes) is 1. The molecule has 0 aliphatic carbocycles. The Labute approximate surface area is 196 Å². The molecule has 0 atom stereocenters. The number of hydrogen-bond acceptors (Lipinski definition) is 5. The lowest BCUT2D eigenvalue weighted by Gasteiger charge is -2.54. The molecule has 2 aromatic carbocycles. The van der Waals surface area contributed by atoms with E-state index in [0.717, 1.165) is 19.3 Å². The average molecular weight is 465 g/mol. The van der Waals surface area contributed by atoms with Crippen molar-refractivity contribution in [1.82, 2.24) is 14.8 Å². The number of carbonyl (C=O) groups excluding carboxylic acids is 2. The van der Waals surface area contributed by atoms with Gasteiger partial charge in [-0.2, -0.15) is 0 Å². The summed E-state index contributed by atoms with van der Waals surface area (Å²) in [5.41, 5.74) is 2.45. The third kappa shape index (κ3) is 4.07. The molecule has 2 aliphatic rings. The molecule has 9 nitrogen and oxygen atoms in total. The van der Waals surface area contributed by atoms with Crippen LogP contribution in [0.4, 0.5) is 10.5 Å². The Morgan fingerprint density at radius 1 is 1.09 bits per heavy atom. The van der Waals surface area contributed by atoms with Crippen molar-refractivity contribution in [2.45, 2.75) is 24.8 Å². The fraction of sp³-hybridized carbons (Fsp3) is 0.400. The van der Waals surface area contributed by atoms with Gasteiger partial charge in [0.05, 0.1) is 25.3 Å². The van der Waals surface area contributed by atoms with Crippen LogP contribution in [0, 0.1) is 0 Å². The number of aryl methyl sites for hydroxylation is 2. The Balaban J connectivity index is 1.22. The molecule has 34 heavy (non-hydrogen) atoms. The lowest BCUT2D eigenvalue weighted by atomic mass is 9.91. The Morgan fingerprint density at radius 3 is 2.62 bits per heavy atom. The number of amides is 3. The van der Waals surface area contributed by atoms with Gasteiger partial charge in [-0.3, -0.25) is 9.36 Å². The normalized spacial score (nSPS) is 17.3. The molecule has 0 unspecified atom stereocenters. The molecule has 2 saturated heterocycles. The molecule has 1 aromatic heterocycles. The van der Waals surface area contributed by atoms with Crippen LogP contribution in [-0.4, -0.2) is 59.8 Å². The molecule has 0 saturated carbocycles. The molecule has 3 aromatic rings. The molecule has 0 radical (unpaired) electrons. The van der Waals surface area contributed by atoms with Crippen LogP contribution in [0.1, 0.15) is 18.4 Å². The van der Waals surface area contributed by atoms with Gasteiger partial charge in [0.25, 0.3) is 0 Å². The van der Waals surface area contributed by atoms with Crippen LogP contribution in [0.5, 0.6) is 0 Å². The molecule has 3 amide bonds. The van der Waals surface area contributed by atoms with Gasteiger partial charge in [0, 0.05) is 25.3 Å². The van der Waals surface area contributed by atoms with Gasteiger partial charge in [-0.1, -0.05) is 30.3 Å². The van der Waals surface area contributed by atoms with E-state index in [1.165, 1.54) is 10.1 Å². The minimum atomic E-state index is -0.561. The number of oxazole rings is 1. The Bertz CT molecular complexity index is 1260. The number of nitrogens with zero attached hydrogens (tertiary/aromatic N) is 3. The minimum Gasteiger partial charge on any atom is -0.408 e. The number of ether oxygens (including phenoxy) is 1. The lowest BCUT2D eigenvalue weighted by molar-refractivity contribution is -0.145. The van der Waals surface area contributed by atoms with Crippen LogP contribution in [0.15, 0.2) is 57.7 Å². The van der Waals surface area contributed by atoms with E-state index in [-0.39, 0.29) is 18.5 Å². The van der Waals surface area contributed by atoms with E-state index in [1.54, 1.807) is 35.0 Å². The molecule has 0 bridgehead atoms. The summed E-state index contributed by atoms with van der Waals surface area (Å²) >= 11 is 0. The molecule has 9 heteroatoms. The van der Waals surface area contributed by atoms with Crippen molar-refractivity contribution in [3.05, 3.63) is 64.6 Å². The molecule has 5 rings (SSSR count). The minimum absolute atomic E-state index is 0.0318. The number of anilines is 1. The predicted molar refractivity (Wildman–Crippen MR) is 127 cm³/mol. The fourth-order valence-corrected chi connectivity index (χ4v) is 4.64. The van der Waals surface area contributed by atoms with Crippen molar-refractivity contribution < 1.29 is 18.7 Å². The topological polar surface area (TPSA) is 97.0 Å². The Hall–Kier alpha value is -3.59. The molecule has 2 fully saturated rings. The van der Waals surface area contributed by atoms with Gasteiger partial charge in [-0.15, -0.1) is 0 Å². The number of carbonyl (C=O) groups is 2. The number of aromatic nitrogens is 1. The van der Waals surface area contributed by atoms with Crippen LogP contribution >= 0.6 is 0 Å². The standard InChI is InChI=1S/C25H28N4O5/c1-27-20-11-10-19(13-21(20)34-24(27)32)28-15-25(16-33-17-25)29(14-22(28)30)23(31)26-12-6-5-9-18-7-3-2-4-8-18/h2-4,7-8,10-11,13H,5-6,9,12,14-17H2,1H3,(H,26,31). The molecule has 2 aliphatic heterocycles. The summed E-state index contributed by atoms with van der Waals surface area (Å²) < 4.78 is 12.2. The van der Waals surface area contributed by atoms with Gasteiger partial charge in [0.1, 0.15) is 12.1 Å². The first-order valence-electron chi connectivity index (χ1n) is 11.5. The highest BCUT2D eigenvalue weighted by atomic mass is 16.5. The molecule has 3 heterocycles. The number of rotatable bonds is 6. The first kappa shape index (κ1) is 22.2. The number of urea groups is 1. The predicted octanol–water partition coefficient (Wildman–Crippen LogP) is 2.28. The summed E-state index contributed by atoms with van der Waals surface area (Å²) in [6, 6.07) is 15.3. The summed E-state index contributed by atoms with van der Waals surface area (Å²) in [4.78, 5) is 41.1. The SMILES string of the molecule is Cn1c(=O)oc2cc(N3CC4(COC4)N(C(=O)NCCCCc4ccccc4)CC3=O)ccc21. The molecule has 1 N–H and O–H groups in total. The van der Waals surface area contributed by atoms with Gasteiger partial charge in [-0.25, -0.2) is 9.59 Å². The van der Waals surface area contributed by atoms with Crippen LogP contribution in [0.2, 0.25) is 0 Å². The zero-order valence-electron chi connectivity index (χ0n) is 19.2. The van der Waals surface area contributed by atoms with E-state index in [1.807, 2.05) is 18.2 Å². The van der Waals surface area contributed by atoms with Gasteiger partial charge in [-0.05, 0) is 37.0 Å². The third-order valence-electron chi connectivity index (χ3n) is 6.70. The van der Waals surface area contributed by atoms with E-state index < -0.39 is 11.3 Å². The van der Waals surface area contributed by atoms with E-state index in [9.17, 15) is 14.4 Å². The van der Waals surface area contributed by atoms with Crippen molar-refractivity contribution in [3.63, 3.8) is 0 Å². The molecule has 1 spiro atoms. The van der Waals surface area contributed by atoms with E-state index in [0.29, 0.717) is 43.1 Å². The quantitative estimate of drug-likeness (QED) is 0.565. The second-order valence-electron chi connectivity index (χ2n) is 9.04. The Kier molecular flexibility index (Phi) is 5.87. The summed E-state index contributed by atoms with van der Waals surface area (Å²) in [5.74, 6) is -0.637. The first-order chi connectivity index (χ1) is 16.5. The largest absolute Gasteiger partial charge is 0.419 e. The highest BCUT2D eigenvalue weighted by Gasteiger charge is 2.52. The number of nitrogens with one attached hydrogen (secondary N) is 1. The van der Waals surface area contributed by atoms with Gasteiger partial charge in [0.15, 0.2) is 5.58 Å². The number of fused-ring (bicyclic) bond motifs is 1. The summed E-state index contributed by atoms with van der Waals surface area (Å²) in [6.45, 7) is 1.61. The third-order valence-corrected chi connectivity index (χ3v) is 6.70. The van der Waals surface area contributed by atoms with E-state index in [2.05, 4.69) is 17.4 Å². The molecular formula is C25H28N4O5.